The van der Waals surface area contributed by atoms with Crippen molar-refractivity contribution in [1.82, 2.24) is 0 Å². The van der Waals surface area contributed by atoms with Crippen LogP contribution in [0.5, 0.6) is 0 Å². The van der Waals surface area contributed by atoms with Crippen LogP contribution in [-0.4, -0.2) is 25.2 Å². The molecule has 0 radical (unpaired) electrons. The molecule has 0 N–H and O–H groups in total. The fourth-order valence-corrected chi connectivity index (χ4v) is 2.15. The molecule has 4 heteroatoms. The smallest absolute Gasteiger partial charge is 0.159 e. The maximum atomic E-state index is 11.6. The Labute approximate surface area is 96.4 Å². The predicted molar refractivity (Wildman–Crippen MR) is 64.1 cm³/mol. The van der Waals surface area contributed by atoms with E-state index in [2.05, 4.69) is 0 Å². The van der Waals surface area contributed by atoms with Gasteiger partial charge in [0.25, 0.3) is 0 Å². The number of hydrogen-bond donors (Lipinski definition) is 0. The fourth-order valence-electron chi connectivity index (χ4n) is 1.27. The number of hydrogen-bond acceptors (Lipinski definition) is 3. The third-order valence-electron chi connectivity index (χ3n) is 2.32. The van der Waals surface area contributed by atoms with E-state index in [-0.39, 0.29) is 18.0 Å². The van der Waals surface area contributed by atoms with Crippen molar-refractivity contribution < 1.29 is 13.2 Å². The van der Waals surface area contributed by atoms with Crippen molar-refractivity contribution in [1.29, 1.82) is 0 Å². The molecule has 0 aromatic heterocycles. The first-order valence-electron chi connectivity index (χ1n) is 5.19. The molecule has 1 rings (SSSR count). The van der Waals surface area contributed by atoms with Crippen molar-refractivity contribution in [2.75, 3.05) is 5.75 Å². The summed E-state index contributed by atoms with van der Waals surface area (Å²) in [6.45, 7) is 3.18. The van der Waals surface area contributed by atoms with E-state index in [1.54, 1.807) is 13.8 Å². The molecule has 0 aliphatic rings. The van der Waals surface area contributed by atoms with Crippen molar-refractivity contribution in [2.45, 2.75) is 25.5 Å². The third-order valence-corrected chi connectivity index (χ3v) is 4.49. The second-order valence-corrected chi connectivity index (χ2v) is 6.61. The zero-order valence-corrected chi connectivity index (χ0v) is 10.3. The summed E-state index contributed by atoms with van der Waals surface area (Å²) in [6, 6.07) is 9.16. The molecule has 0 fully saturated rings. The van der Waals surface area contributed by atoms with E-state index < -0.39 is 15.1 Å². The van der Waals surface area contributed by atoms with Crippen molar-refractivity contribution in [3.63, 3.8) is 0 Å². The first-order chi connectivity index (χ1) is 7.42. The summed E-state index contributed by atoms with van der Waals surface area (Å²) in [6.07, 6.45) is 0.187. The van der Waals surface area contributed by atoms with E-state index in [1.165, 1.54) is 0 Å². The van der Waals surface area contributed by atoms with Crippen LogP contribution in [0.4, 0.5) is 0 Å². The van der Waals surface area contributed by atoms with Gasteiger partial charge in [0.15, 0.2) is 15.6 Å². The molecule has 0 saturated carbocycles. The Balaban J connectivity index is 2.62. The quantitative estimate of drug-likeness (QED) is 0.786. The zero-order valence-electron chi connectivity index (χ0n) is 9.51. The largest absolute Gasteiger partial charge is 0.298 e. The summed E-state index contributed by atoms with van der Waals surface area (Å²) in [5.74, 6) is -0.612. The van der Waals surface area contributed by atoms with E-state index in [1.807, 2.05) is 30.3 Å². The summed E-state index contributed by atoms with van der Waals surface area (Å²) in [4.78, 5) is 11.6. The lowest BCUT2D eigenvalue weighted by molar-refractivity contribution is -0.116. The van der Waals surface area contributed by atoms with Gasteiger partial charge >= 0.3 is 0 Å². The predicted octanol–water partition coefficient (Wildman–Crippen LogP) is 1.62. The Morgan fingerprint density at radius 3 is 2.25 bits per heavy atom. The van der Waals surface area contributed by atoms with Gasteiger partial charge in [-0.05, 0) is 19.4 Å². The molecule has 1 aromatic carbocycles. The van der Waals surface area contributed by atoms with Gasteiger partial charge in [-0.25, -0.2) is 8.42 Å². The first kappa shape index (κ1) is 12.9. The summed E-state index contributed by atoms with van der Waals surface area (Å²) >= 11 is 0. The van der Waals surface area contributed by atoms with Gasteiger partial charge in [0.05, 0.1) is 5.25 Å². The van der Waals surface area contributed by atoms with Crippen LogP contribution < -0.4 is 0 Å². The van der Waals surface area contributed by atoms with Gasteiger partial charge in [0.2, 0.25) is 0 Å². The number of ketones is 1. The molecule has 0 spiro atoms. The highest BCUT2D eigenvalue weighted by atomic mass is 32.2. The standard InChI is InChI=1S/C12H16O3S/c1-10(2)16(14,15)9-12(13)8-11-6-4-3-5-7-11/h3-7,10H,8-9H2,1-2H3. The average Bonchev–Trinajstić information content (AvgIpc) is 2.17. The maximum Gasteiger partial charge on any atom is 0.159 e. The summed E-state index contributed by atoms with van der Waals surface area (Å²) in [5.41, 5.74) is 0.853. The highest BCUT2D eigenvalue weighted by molar-refractivity contribution is 7.92. The van der Waals surface area contributed by atoms with Gasteiger partial charge in [0, 0.05) is 6.42 Å². The summed E-state index contributed by atoms with van der Waals surface area (Å²) in [5, 5.41) is -0.493. The molecule has 0 amide bonds. The van der Waals surface area contributed by atoms with Crippen LogP contribution in [0.1, 0.15) is 19.4 Å². The van der Waals surface area contributed by atoms with Crippen LogP contribution in [0.3, 0.4) is 0 Å². The molecule has 0 aliphatic heterocycles. The molecular formula is C12H16O3S. The number of benzene rings is 1. The minimum atomic E-state index is -3.27. The van der Waals surface area contributed by atoms with Crippen LogP contribution in [0.2, 0.25) is 0 Å². The molecule has 0 aliphatic carbocycles. The molecule has 0 bridgehead atoms. The van der Waals surface area contributed by atoms with E-state index in [9.17, 15) is 13.2 Å². The van der Waals surface area contributed by atoms with Crippen LogP contribution in [0.15, 0.2) is 30.3 Å². The molecule has 0 atom stereocenters. The average molecular weight is 240 g/mol. The monoisotopic (exact) mass is 240 g/mol. The number of Topliss-reactive ketones (excluding diaryl/α,β-unsaturated/α-hetero) is 1. The lowest BCUT2D eigenvalue weighted by atomic mass is 10.1. The normalized spacial score (nSPS) is 11.7. The molecule has 1 aromatic rings. The first-order valence-corrected chi connectivity index (χ1v) is 6.90. The molecule has 16 heavy (non-hydrogen) atoms. The highest BCUT2D eigenvalue weighted by Crippen LogP contribution is 2.05. The van der Waals surface area contributed by atoms with Crippen molar-refractivity contribution >= 4 is 15.6 Å². The van der Waals surface area contributed by atoms with Crippen molar-refractivity contribution in [2.24, 2.45) is 0 Å². The lowest BCUT2D eigenvalue weighted by Crippen LogP contribution is -2.24. The van der Waals surface area contributed by atoms with Gasteiger partial charge in [-0.3, -0.25) is 4.79 Å². The van der Waals surface area contributed by atoms with E-state index in [4.69, 9.17) is 0 Å². The molecule has 3 nitrogen and oxygen atoms in total. The number of carbonyl (C=O) groups excluding carboxylic acids is 1. The van der Waals surface area contributed by atoms with Crippen molar-refractivity contribution in [3.8, 4) is 0 Å². The molecule has 0 unspecified atom stereocenters. The van der Waals surface area contributed by atoms with E-state index in [0.29, 0.717) is 0 Å². The van der Waals surface area contributed by atoms with Crippen LogP contribution in [0, 0.1) is 0 Å². The second-order valence-electron chi connectivity index (χ2n) is 4.06. The Bertz CT molecular complexity index is 446. The SMILES string of the molecule is CC(C)S(=O)(=O)CC(=O)Cc1ccccc1. The summed E-state index contributed by atoms with van der Waals surface area (Å²) < 4.78 is 23.0. The van der Waals surface area contributed by atoms with Crippen LogP contribution in [-0.2, 0) is 21.1 Å². The maximum absolute atomic E-state index is 11.6. The topological polar surface area (TPSA) is 51.2 Å². The molecular weight excluding hydrogens is 224 g/mol. The number of rotatable bonds is 5. The van der Waals surface area contributed by atoms with Crippen LogP contribution in [0.25, 0.3) is 0 Å². The molecule has 88 valence electrons. The molecule has 0 saturated heterocycles. The highest BCUT2D eigenvalue weighted by Gasteiger charge is 2.20. The Morgan fingerprint density at radius 2 is 1.75 bits per heavy atom. The number of sulfone groups is 1. The Kier molecular flexibility index (Phi) is 4.24. The number of carbonyl (C=O) groups is 1. The fraction of sp³-hybridized carbons (Fsp3) is 0.417. The van der Waals surface area contributed by atoms with Gasteiger partial charge in [0.1, 0.15) is 5.75 Å². The van der Waals surface area contributed by atoms with Gasteiger partial charge < -0.3 is 0 Å². The Morgan fingerprint density at radius 1 is 1.19 bits per heavy atom. The third kappa shape index (κ3) is 3.77. The minimum absolute atomic E-state index is 0.187. The second kappa shape index (κ2) is 5.25. The zero-order chi connectivity index (χ0) is 12.2. The molecule has 0 heterocycles. The van der Waals surface area contributed by atoms with Crippen LogP contribution >= 0.6 is 0 Å². The minimum Gasteiger partial charge on any atom is -0.298 e. The van der Waals surface area contributed by atoms with Gasteiger partial charge in [-0.2, -0.15) is 0 Å². The van der Waals surface area contributed by atoms with Gasteiger partial charge in [-0.1, -0.05) is 30.3 Å². The van der Waals surface area contributed by atoms with Gasteiger partial charge in [-0.15, -0.1) is 0 Å². The van der Waals surface area contributed by atoms with Crippen molar-refractivity contribution in [3.05, 3.63) is 35.9 Å². The lowest BCUT2D eigenvalue weighted by Gasteiger charge is -2.06. The summed E-state index contributed by atoms with van der Waals surface area (Å²) in [7, 11) is -3.27. The Hall–Kier alpha value is -1.16. The van der Waals surface area contributed by atoms with E-state index >= 15 is 0 Å². The van der Waals surface area contributed by atoms with E-state index in [0.717, 1.165) is 5.56 Å².